The Morgan fingerprint density at radius 1 is 1.42 bits per heavy atom. The molecule has 1 aromatic rings. The van der Waals surface area contributed by atoms with E-state index in [9.17, 15) is 12.8 Å². The summed E-state index contributed by atoms with van der Waals surface area (Å²) in [4.78, 5) is -0.368. The predicted molar refractivity (Wildman–Crippen MR) is 72.2 cm³/mol. The molecule has 0 amide bonds. The molecule has 1 atom stereocenters. The lowest BCUT2D eigenvalue weighted by atomic mass is 10.1. The van der Waals surface area contributed by atoms with E-state index < -0.39 is 15.8 Å². The van der Waals surface area contributed by atoms with Crippen LogP contribution in [0.4, 0.5) is 4.39 Å². The molecular weight excluding hydrogens is 291 g/mol. The van der Waals surface area contributed by atoms with Gasteiger partial charge in [0.15, 0.2) is 0 Å². The zero-order chi connectivity index (χ0) is 13.9. The number of rotatable bonds is 4. The fourth-order valence-electron chi connectivity index (χ4n) is 2.08. The Kier molecular flexibility index (Phi) is 4.78. The quantitative estimate of drug-likeness (QED) is 0.893. The highest BCUT2D eigenvalue weighted by molar-refractivity contribution is 7.89. The molecule has 1 fully saturated rings. The van der Waals surface area contributed by atoms with Crippen LogP contribution in [0, 0.1) is 5.82 Å². The largest absolute Gasteiger partial charge is 0.313 e. The maximum Gasteiger partial charge on any atom is 0.243 e. The van der Waals surface area contributed by atoms with E-state index in [1.165, 1.54) is 12.1 Å². The molecule has 2 N–H and O–H groups in total. The maximum atomic E-state index is 13.6. The maximum absolute atomic E-state index is 13.6. The highest BCUT2D eigenvalue weighted by Crippen LogP contribution is 2.19. The first-order chi connectivity index (χ1) is 8.99. The van der Waals surface area contributed by atoms with E-state index in [4.69, 9.17) is 11.6 Å². The Morgan fingerprint density at radius 2 is 2.21 bits per heavy atom. The van der Waals surface area contributed by atoms with Crippen LogP contribution in [0.15, 0.2) is 23.1 Å². The van der Waals surface area contributed by atoms with Gasteiger partial charge in [-0.15, -0.1) is 0 Å². The fraction of sp³-hybridized carbons (Fsp3) is 0.500. The van der Waals surface area contributed by atoms with Gasteiger partial charge in [0.05, 0.1) is 0 Å². The Balaban J connectivity index is 2.05. The molecule has 19 heavy (non-hydrogen) atoms. The van der Waals surface area contributed by atoms with Crippen molar-refractivity contribution in [1.82, 2.24) is 10.0 Å². The Bertz CT molecular complexity index is 545. The van der Waals surface area contributed by atoms with Gasteiger partial charge in [-0.05, 0) is 37.6 Å². The summed E-state index contributed by atoms with van der Waals surface area (Å²) in [7, 11) is -3.83. The van der Waals surface area contributed by atoms with Crippen molar-refractivity contribution in [2.24, 2.45) is 0 Å². The zero-order valence-electron chi connectivity index (χ0n) is 10.3. The summed E-state index contributed by atoms with van der Waals surface area (Å²) in [6.45, 7) is 1.16. The van der Waals surface area contributed by atoms with Crippen LogP contribution in [-0.4, -0.2) is 27.5 Å². The Labute approximate surface area is 117 Å². The summed E-state index contributed by atoms with van der Waals surface area (Å²) >= 11 is 5.60. The van der Waals surface area contributed by atoms with Crippen molar-refractivity contribution >= 4 is 21.6 Å². The van der Waals surface area contributed by atoms with Crippen molar-refractivity contribution in [3.05, 3.63) is 29.0 Å². The minimum atomic E-state index is -3.83. The Morgan fingerprint density at radius 3 is 2.84 bits per heavy atom. The molecule has 106 valence electrons. The number of hydrogen-bond acceptors (Lipinski definition) is 3. The van der Waals surface area contributed by atoms with Gasteiger partial charge in [0.1, 0.15) is 10.7 Å². The fourth-order valence-corrected chi connectivity index (χ4v) is 3.38. The van der Waals surface area contributed by atoms with Gasteiger partial charge in [0.25, 0.3) is 0 Å². The third-order valence-corrected chi connectivity index (χ3v) is 4.81. The molecule has 0 spiro atoms. The van der Waals surface area contributed by atoms with Crippen molar-refractivity contribution in [1.29, 1.82) is 0 Å². The lowest BCUT2D eigenvalue weighted by molar-refractivity contribution is 0.398. The van der Waals surface area contributed by atoms with Crippen LogP contribution in [0.3, 0.4) is 0 Å². The van der Waals surface area contributed by atoms with E-state index in [1.54, 1.807) is 0 Å². The van der Waals surface area contributed by atoms with Crippen LogP contribution in [0.1, 0.15) is 19.3 Å². The average molecular weight is 307 g/mol. The van der Waals surface area contributed by atoms with Crippen molar-refractivity contribution in [2.75, 3.05) is 13.1 Å². The monoisotopic (exact) mass is 306 g/mol. The standard InChI is InChI=1S/C12H16ClFN2O2S/c13-9-4-5-12(11(14)7-9)19(17,18)16-8-10-3-1-2-6-15-10/h4-5,7,10,15-16H,1-3,6,8H2. The van der Waals surface area contributed by atoms with E-state index in [0.29, 0.717) is 0 Å². The minimum absolute atomic E-state index is 0.110. The number of benzene rings is 1. The topological polar surface area (TPSA) is 58.2 Å². The SMILES string of the molecule is O=S(=O)(NCC1CCCCN1)c1ccc(Cl)cc1F. The molecular formula is C12H16ClFN2O2S. The number of nitrogens with one attached hydrogen (secondary N) is 2. The van der Waals surface area contributed by atoms with E-state index in [0.717, 1.165) is 31.9 Å². The second-order valence-electron chi connectivity index (χ2n) is 4.57. The molecule has 0 saturated carbocycles. The summed E-state index contributed by atoms with van der Waals surface area (Å²) in [5.41, 5.74) is 0. The van der Waals surface area contributed by atoms with Crippen molar-refractivity contribution in [3.63, 3.8) is 0 Å². The molecule has 1 aromatic carbocycles. The number of hydrogen-bond donors (Lipinski definition) is 2. The van der Waals surface area contributed by atoms with Crippen molar-refractivity contribution in [2.45, 2.75) is 30.2 Å². The molecule has 1 aliphatic heterocycles. The van der Waals surface area contributed by atoms with Gasteiger partial charge in [0.2, 0.25) is 10.0 Å². The summed E-state index contributed by atoms with van der Waals surface area (Å²) in [5.74, 6) is -0.836. The second kappa shape index (κ2) is 6.17. The van der Waals surface area contributed by atoms with Gasteiger partial charge in [-0.25, -0.2) is 17.5 Å². The third-order valence-electron chi connectivity index (χ3n) is 3.12. The van der Waals surface area contributed by atoms with Crippen LogP contribution in [0.5, 0.6) is 0 Å². The molecule has 7 heteroatoms. The summed E-state index contributed by atoms with van der Waals surface area (Å²) in [5, 5.41) is 3.40. The summed E-state index contributed by atoms with van der Waals surface area (Å²) < 4.78 is 40.0. The van der Waals surface area contributed by atoms with Crippen molar-refractivity contribution in [3.8, 4) is 0 Å². The van der Waals surface area contributed by atoms with Gasteiger partial charge in [0, 0.05) is 17.6 Å². The van der Waals surface area contributed by atoms with Crippen LogP contribution < -0.4 is 10.0 Å². The molecule has 0 radical (unpaired) electrons. The molecule has 4 nitrogen and oxygen atoms in total. The average Bonchev–Trinajstić information content (AvgIpc) is 2.37. The Hall–Kier alpha value is -0.690. The highest BCUT2D eigenvalue weighted by Gasteiger charge is 2.21. The van der Waals surface area contributed by atoms with E-state index in [2.05, 4.69) is 10.0 Å². The highest BCUT2D eigenvalue weighted by atomic mass is 35.5. The van der Waals surface area contributed by atoms with E-state index >= 15 is 0 Å². The first-order valence-electron chi connectivity index (χ1n) is 6.17. The van der Waals surface area contributed by atoms with Gasteiger partial charge >= 0.3 is 0 Å². The predicted octanol–water partition coefficient (Wildman–Crippen LogP) is 1.90. The molecule has 2 rings (SSSR count). The van der Waals surface area contributed by atoms with E-state index in [1.807, 2.05) is 0 Å². The zero-order valence-corrected chi connectivity index (χ0v) is 11.9. The molecule has 1 saturated heterocycles. The van der Waals surface area contributed by atoms with Gasteiger partial charge in [-0.2, -0.15) is 0 Å². The third kappa shape index (κ3) is 3.89. The lowest BCUT2D eigenvalue weighted by Crippen LogP contribution is -2.43. The summed E-state index contributed by atoms with van der Waals surface area (Å²) in [6.07, 6.45) is 3.11. The van der Waals surface area contributed by atoms with E-state index in [-0.39, 0.29) is 22.5 Å². The first kappa shape index (κ1) is 14.7. The number of halogens is 2. The number of piperidine rings is 1. The first-order valence-corrected chi connectivity index (χ1v) is 8.03. The smallest absolute Gasteiger partial charge is 0.243 e. The lowest BCUT2D eigenvalue weighted by Gasteiger charge is -2.23. The van der Waals surface area contributed by atoms with Crippen LogP contribution >= 0.6 is 11.6 Å². The molecule has 1 heterocycles. The number of sulfonamides is 1. The molecule has 0 aromatic heterocycles. The molecule has 1 unspecified atom stereocenters. The molecule has 0 bridgehead atoms. The summed E-state index contributed by atoms with van der Waals surface area (Å²) in [6, 6.07) is 3.64. The van der Waals surface area contributed by atoms with Crippen molar-refractivity contribution < 1.29 is 12.8 Å². The minimum Gasteiger partial charge on any atom is -0.313 e. The van der Waals surface area contributed by atoms with Crippen LogP contribution in [-0.2, 0) is 10.0 Å². The normalized spacial score (nSPS) is 20.4. The molecule has 1 aliphatic rings. The molecule has 0 aliphatic carbocycles. The van der Waals surface area contributed by atoms with Gasteiger partial charge in [-0.3, -0.25) is 0 Å². The van der Waals surface area contributed by atoms with Crippen LogP contribution in [0.2, 0.25) is 5.02 Å². The van der Waals surface area contributed by atoms with Crippen LogP contribution in [0.25, 0.3) is 0 Å². The van der Waals surface area contributed by atoms with Gasteiger partial charge in [-0.1, -0.05) is 18.0 Å². The second-order valence-corrected chi connectivity index (χ2v) is 6.75. The van der Waals surface area contributed by atoms with Gasteiger partial charge < -0.3 is 5.32 Å².